The first-order chi connectivity index (χ1) is 4.54. The van der Waals surface area contributed by atoms with Crippen LogP contribution >= 0.6 is 0 Å². The quantitative estimate of drug-likeness (QED) is 0.593. The number of carbonyl (C=O) groups is 1. The van der Waals surface area contributed by atoms with Crippen molar-refractivity contribution in [2.45, 2.75) is 41.5 Å². The molecule has 0 aliphatic carbocycles. The molecule has 0 amide bonds. The third-order valence-corrected chi connectivity index (χ3v) is 1.71. The molecule has 0 aromatic rings. The lowest BCUT2D eigenvalue weighted by atomic mass is 9.91. The second kappa shape index (κ2) is 5.16. The molecular weight excluding hydrogens is 140 g/mol. The van der Waals surface area contributed by atoms with Gasteiger partial charge in [-0.05, 0) is 27.2 Å². The SMILES string of the molecule is C.CCOC(=O)C(C)(C)CC. The monoisotopic (exact) mass is 160 g/mol. The van der Waals surface area contributed by atoms with Crippen molar-refractivity contribution in [3.8, 4) is 0 Å². The molecule has 0 aliphatic rings. The van der Waals surface area contributed by atoms with Gasteiger partial charge in [0.25, 0.3) is 0 Å². The highest BCUT2D eigenvalue weighted by atomic mass is 16.5. The minimum absolute atomic E-state index is 0. The summed E-state index contributed by atoms with van der Waals surface area (Å²) in [6.07, 6.45) is 0.825. The van der Waals surface area contributed by atoms with E-state index in [4.69, 9.17) is 4.74 Å². The third-order valence-electron chi connectivity index (χ3n) is 1.71. The molecule has 0 atom stereocenters. The Morgan fingerprint density at radius 1 is 1.36 bits per heavy atom. The van der Waals surface area contributed by atoms with E-state index < -0.39 is 0 Å². The zero-order valence-electron chi connectivity index (χ0n) is 7.23. The zero-order chi connectivity index (χ0) is 8.20. The fourth-order valence-electron chi connectivity index (χ4n) is 0.471. The van der Waals surface area contributed by atoms with E-state index in [0.29, 0.717) is 6.61 Å². The van der Waals surface area contributed by atoms with E-state index in [1.807, 2.05) is 27.7 Å². The molecule has 0 spiro atoms. The number of esters is 1. The van der Waals surface area contributed by atoms with E-state index in [1.54, 1.807) is 0 Å². The second-order valence-electron chi connectivity index (χ2n) is 2.96. The molecule has 0 radical (unpaired) electrons. The minimum Gasteiger partial charge on any atom is -0.466 e. The van der Waals surface area contributed by atoms with Crippen LogP contribution in [-0.4, -0.2) is 12.6 Å². The van der Waals surface area contributed by atoms with Crippen molar-refractivity contribution in [1.29, 1.82) is 0 Å². The number of hydrogen-bond acceptors (Lipinski definition) is 2. The van der Waals surface area contributed by atoms with Crippen LogP contribution in [0.1, 0.15) is 41.5 Å². The Morgan fingerprint density at radius 2 is 1.82 bits per heavy atom. The van der Waals surface area contributed by atoms with Crippen LogP contribution < -0.4 is 0 Å². The van der Waals surface area contributed by atoms with Gasteiger partial charge in [-0.15, -0.1) is 0 Å². The van der Waals surface area contributed by atoms with Crippen LogP contribution in [0.25, 0.3) is 0 Å². The van der Waals surface area contributed by atoms with Gasteiger partial charge in [0, 0.05) is 0 Å². The fraction of sp³-hybridized carbons (Fsp3) is 0.889. The van der Waals surface area contributed by atoms with E-state index in [2.05, 4.69) is 0 Å². The second-order valence-corrected chi connectivity index (χ2v) is 2.96. The highest BCUT2D eigenvalue weighted by Crippen LogP contribution is 2.20. The summed E-state index contributed by atoms with van der Waals surface area (Å²) >= 11 is 0. The van der Waals surface area contributed by atoms with Crippen LogP contribution in [-0.2, 0) is 9.53 Å². The lowest BCUT2D eigenvalue weighted by Gasteiger charge is -2.19. The largest absolute Gasteiger partial charge is 0.466 e. The van der Waals surface area contributed by atoms with E-state index in [9.17, 15) is 4.79 Å². The average Bonchev–Trinajstić information content (AvgIpc) is 1.89. The summed E-state index contributed by atoms with van der Waals surface area (Å²) in [6.45, 7) is 8.07. The molecule has 0 aliphatic heterocycles. The predicted molar refractivity (Wildman–Crippen MR) is 47.4 cm³/mol. The van der Waals surface area contributed by atoms with Gasteiger partial charge >= 0.3 is 5.97 Å². The lowest BCUT2D eigenvalue weighted by molar-refractivity contribution is -0.153. The van der Waals surface area contributed by atoms with Crippen LogP contribution in [0, 0.1) is 5.41 Å². The molecule has 0 saturated heterocycles. The first-order valence-electron chi connectivity index (χ1n) is 3.71. The summed E-state index contributed by atoms with van der Waals surface area (Å²) in [6, 6.07) is 0. The molecule has 0 aromatic heterocycles. The smallest absolute Gasteiger partial charge is 0.311 e. The number of rotatable bonds is 3. The highest BCUT2D eigenvalue weighted by Gasteiger charge is 2.26. The first kappa shape index (κ1) is 13.1. The molecule has 0 saturated carbocycles. The van der Waals surface area contributed by atoms with Crippen molar-refractivity contribution in [3.63, 3.8) is 0 Å². The van der Waals surface area contributed by atoms with Gasteiger partial charge in [-0.1, -0.05) is 14.4 Å². The molecule has 0 aromatic carbocycles. The third kappa shape index (κ3) is 4.02. The van der Waals surface area contributed by atoms with E-state index in [-0.39, 0.29) is 18.8 Å². The molecule has 0 bridgehead atoms. The molecular formula is C9H20O2. The number of carbonyl (C=O) groups excluding carboxylic acids is 1. The Morgan fingerprint density at radius 3 is 2.09 bits per heavy atom. The van der Waals surface area contributed by atoms with Gasteiger partial charge in [-0.2, -0.15) is 0 Å². The molecule has 11 heavy (non-hydrogen) atoms. The normalized spacial score (nSPS) is 10.2. The molecule has 2 heteroatoms. The summed E-state index contributed by atoms with van der Waals surface area (Å²) in [5.74, 6) is -0.0995. The zero-order valence-corrected chi connectivity index (χ0v) is 7.23. The highest BCUT2D eigenvalue weighted by molar-refractivity contribution is 5.75. The Hall–Kier alpha value is -0.530. The number of hydrogen-bond donors (Lipinski definition) is 0. The number of ether oxygens (including phenoxy) is 1. The van der Waals surface area contributed by atoms with Crippen molar-refractivity contribution in [2.75, 3.05) is 6.61 Å². The van der Waals surface area contributed by atoms with Crippen molar-refractivity contribution >= 4 is 5.97 Å². The van der Waals surface area contributed by atoms with Crippen molar-refractivity contribution < 1.29 is 9.53 Å². The first-order valence-corrected chi connectivity index (χ1v) is 3.71. The molecule has 0 heterocycles. The Balaban J connectivity index is 0. The maximum Gasteiger partial charge on any atom is 0.311 e. The van der Waals surface area contributed by atoms with Gasteiger partial charge in [0.1, 0.15) is 0 Å². The van der Waals surface area contributed by atoms with Gasteiger partial charge in [-0.3, -0.25) is 4.79 Å². The maximum absolute atomic E-state index is 11.1. The fourth-order valence-corrected chi connectivity index (χ4v) is 0.471. The summed E-state index contributed by atoms with van der Waals surface area (Å²) in [5.41, 5.74) is -0.310. The minimum atomic E-state index is -0.310. The van der Waals surface area contributed by atoms with Gasteiger partial charge < -0.3 is 4.74 Å². The van der Waals surface area contributed by atoms with Crippen molar-refractivity contribution in [1.82, 2.24) is 0 Å². The summed E-state index contributed by atoms with van der Waals surface area (Å²) in [7, 11) is 0. The molecule has 0 rings (SSSR count). The van der Waals surface area contributed by atoms with Crippen molar-refractivity contribution in [2.24, 2.45) is 5.41 Å². The Bertz CT molecular complexity index is 117. The van der Waals surface area contributed by atoms with Gasteiger partial charge in [0.15, 0.2) is 0 Å². The Kier molecular flexibility index (Phi) is 6.14. The van der Waals surface area contributed by atoms with E-state index in [1.165, 1.54) is 0 Å². The van der Waals surface area contributed by atoms with Gasteiger partial charge in [-0.25, -0.2) is 0 Å². The van der Waals surface area contributed by atoms with Crippen LogP contribution in [0.2, 0.25) is 0 Å². The van der Waals surface area contributed by atoms with Crippen LogP contribution in [0.5, 0.6) is 0 Å². The van der Waals surface area contributed by atoms with Gasteiger partial charge in [0.05, 0.1) is 12.0 Å². The standard InChI is InChI=1S/C8H16O2.CH4/c1-5-8(3,4)7(9)10-6-2;/h5-6H2,1-4H3;1H4. The molecule has 0 N–H and O–H groups in total. The summed E-state index contributed by atoms with van der Waals surface area (Å²) in [5, 5.41) is 0. The van der Waals surface area contributed by atoms with Gasteiger partial charge in [0.2, 0.25) is 0 Å². The Labute approximate surface area is 69.9 Å². The van der Waals surface area contributed by atoms with Crippen LogP contribution in [0.3, 0.4) is 0 Å². The average molecular weight is 160 g/mol. The molecule has 0 unspecified atom stereocenters. The van der Waals surface area contributed by atoms with Crippen LogP contribution in [0.4, 0.5) is 0 Å². The molecule has 2 nitrogen and oxygen atoms in total. The lowest BCUT2D eigenvalue weighted by Crippen LogP contribution is -2.25. The van der Waals surface area contributed by atoms with E-state index >= 15 is 0 Å². The summed E-state index contributed by atoms with van der Waals surface area (Å²) < 4.78 is 4.86. The van der Waals surface area contributed by atoms with Crippen molar-refractivity contribution in [3.05, 3.63) is 0 Å². The van der Waals surface area contributed by atoms with Crippen LogP contribution in [0.15, 0.2) is 0 Å². The predicted octanol–water partition coefficient (Wildman–Crippen LogP) is 2.62. The topological polar surface area (TPSA) is 26.3 Å². The van der Waals surface area contributed by atoms with E-state index in [0.717, 1.165) is 6.42 Å². The molecule has 68 valence electrons. The molecule has 0 fully saturated rings. The maximum atomic E-state index is 11.1. The summed E-state index contributed by atoms with van der Waals surface area (Å²) in [4.78, 5) is 11.1.